The molecular formula is C11H9BrN2O2S. The summed E-state index contributed by atoms with van der Waals surface area (Å²) in [4.78, 5) is 12.0. The van der Waals surface area contributed by atoms with Crippen molar-refractivity contribution in [1.29, 1.82) is 0 Å². The summed E-state index contributed by atoms with van der Waals surface area (Å²) in [5.41, 5.74) is 0.837. The van der Waals surface area contributed by atoms with Gasteiger partial charge in [-0.3, -0.25) is 4.68 Å². The maximum atomic E-state index is 11.0. The van der Waals surface area contributed by atoms with Gasteiger partial charge in [0.25, 0.3) is 0 Å². The van der Waals surface area contributed by atoms with Crippen molar-refractivity contribution in [3.8, 4) is 10.6 Å². The van der Waals surface area contributed by atoms with E-state index in [9.17, 15) is 4.79 Å². The summed E-state index contributed by atoms with van der Waals surface area (Å²) in [5.74, 6) is -0.985. The van der Waals surface area contributed by atoms with Crippen LogP contribution in [0.25, 0.3) is 10.6 Å². The van der Waals surface area contributed by atoms with E-state index in [1.807, 2.05) is 12.1 Å². The van der Waals surface area contributed by atoms with E-state index in [4.69, 9.17) is 5.11 Å². The van der Waals surface area contributed by atoms with Crippen molar-refractivity contribution < 1.29 is 9.90 Å². The van der Waals surface area contributed by atoms with Gasteiger partial charge in [0, 0.05) is 0 Å². The third-order valence-corrected chi connectivity index (χ3v) is 3.77. The zero-order valence-electron chi connectivity index (χ0n) is 8.76. The van der Waals surface area contributed by atoms with Gasteiger partial charge in [0.1, 0.15) is 11.4 Å². The lowest BCUT2D eigenvalue weighted by Crippen LogP contribution is -2.08. The fraction of sp³-hybridized carbons (Fsp3) is 0.0909. The summed E-state index contributed by atoms with van der Waals surface area (Å²) in [6.07, 6.45) is 1.62. The summed E-state index contributed by atoms with van der Waals surface area (Å²) in [5, 5.41) is 13.3. The van der Waals surface area contributed by atoms with Crippen LogP contribution in [0.2, 0.25) is 0 Å². The van der Waals surface area contributed by atoms with Crippen LogP contribution in [-0.4, -0.2) is 20.9 Å². The minimum Gasteiger partial charge on any atom is -0.477 e. The van der Waals surface area contributed by atoms with Crippen molar-refractivity contribution in [2.75, 3.05) is 0 Å². The Morgan fingerprint density at radius 1 is 1.65 bits per heavy atom. The largest absolute Gasteiger partial charge is 0.477 e. The van der Waals surface area contributed by atoms with Crippen molar-refractivity contribution >= 4 is 33.2 Å². The lowest BCUT2D eigenvalue weighted by Gasteiger charge is -1.98. The van der Waals surface area contributed by atoms with Crippen LogP contribution in [0.1, 0.15) is 10.5 Å². The molecule has 6 heteroatoms. The second-order valence-electron chi connectivity index (χ2n) is 3.29. The van der Waals surface area contributed by atoms with Crippen molar-refractivity contribution in [2.24, 2.45) is 0 Å². The van der Waals surface area contributed by atoms with E-state index >= 15 is 0 Å². The van der Waals surface area contributed by atoms with Gasteiger partial charge in [-0.2, -0.15) is 5.10 Å². The molecule has 0 radical (unpaired) electrons. The van der Waals surface area contributed by atoms with Gasteiger partial charge in [0.2, 0.25) is 0 Å². The fourth-order valence-corrected chi connectivity index (χ4v) is 2.76. The Balaban J connectivity index is 2.46. The van der Waals surface area contributed by atoms with Crippen LogP contribution in [0.15, 0.2) is 34.6 Å². The number of halogens is 1. The second-order valence-corrected chi connectivity index (χ2v) is 5.76. The average Bonchev–Trinajstić information content (AvgIpc) is 2.85. The molecule has 88 valence electrons. The number of aromatic carboxylic acids is 1. The first-order chi connectivity index (χ1) is 8.11. The van der Waals surface area contributed by atoms with Gasteiger partial charge < -0.3 is 5.11 Å². The first kappa shape index (κ1) is 12.1. The minimum atomic E-state index is -0.985. The molecule has 0 spiro atoms. The fourth-order valence-electron chi connectivity index (χ4n) is 1.42. The van der Waals surface area contributed by atoms with Crippen molar-refractivity contribution in [2.45, 2.75) is 6.54 Å². The van der Waals surface area contributed by atoms with Crippen molar-refractivity contribution in [3.05, 3.63) is 40.3 Å². The molecule has 2 aromatic heterocycles. The molecule has 0 amide bonds. The van der Waals surface area contributed by atoms with E-state index in [1.54, 1.807) is 12.1 Å². The Bertz CT molecular complexity index is 574. The van der Waals surface area contributed by atoms with Crippen molar-refractivity contribution in [3.63, 3.8) is 0 Å². The first-order valence-corrected chi connectivity index (χ1v) is 6.40. The summed E-state index contributed by atoms with van der Waals surface area (Å²) < 4.78 is 2.42. The molecule has 1 N–H and O–H groups in total. The highest BCUT2D eigenvalue weighted by Gasteiger charge is 2.15. The quantitative estimate of drug-likeness (QED) is 0.882. The van der Waals surface area contributed by atoms with Crippen LogP contribution in [0.3, 0.4) is 0 Å². The summed E-state index contributed by atoms with van der Waals surface area (Å²) in [7, 11) is 0. The molecule has 2 heterocycles. The SMILES string of the molecule is C=CCn1nc(-c2ccc(Br)s2)cc1C(=O)O. The Hall–Kier alpha value is -1.40. The molecule has 0 unspecified atom stereocenters. The summed E-state index contributed by atoms with van der Waals surface area (Å²) in [6.45, 7) is 3.97. The number of hydrogen-bond acceptors (Lipinski definition) is 3. The summed E-state index contributed by atoms with van der Waals surface area (Å²) in [6, 6.07) is 5.39. The number of carboxylic acid groups (broad SMARTS) is 1. The molecule has 0 saturated carbocycles. The lowest BCUT2D eigenvalue weighted by atomic mass is 10.3. The number of nitrogens with zero attached hydrogens (tertiary/aromatic N) is 2. The molecular weight excluding hydrogens is 304 g/mol. The highest BCUT2D eigenvalue weighted by Crippen LogP contribution is 2.30. The lowest BCUT2D eigenvalue weighted by molar-refractivity contribution is 0.0684. The van der Waals surface area contributed by atoms with Gasteiger partial charge in [0.15, 0.2) is 0 Å². The van der Waals surface area contributed by atoms with Crippen LogP contribution >= 0.6 is 27.3 Å². The van der Waals surface area contributed by atoms with E-state index in [0.29, 0.717) is 12.2 Å². The third kappa shape index (κ3) is 2.48. The number of allylic oxidation sites excluding steroid dienone is 1. The monoisotopic (exact) mass is 312 g/mol. The number of hydrogen-bond donors (Lipinski definition) is 1. The molecule has 0 aliphatic heterocycles. The number of rotatable bonds is 4. The molecule has 0 bridgehead atoms. The standard InChI is InChI=1S/C11H9BrN2O2S/c1-2-5-14-8(11(15)16)6-7(13-14)9-3-4-10(12)17-9/h2-4,6H,1,5H2,(H,15,16). The number of carboxylic acids is 1. The maximum absolute atomic E-state index is 11.0. The zero-order chi connectivity index (χ0) is 12.4. The Kier molecular flexibility index (Phi) is 3.44. The van der Waals surface area contributed by atoms with E-state index in [-0.39, 0.29) is 5.69 Å². The van der Waals surface area contributed by atoms with Crippen LogP contribution in [0, 0.1) is 0 Å². The molecule has 0 aliphatic rings. The van der Waals surface area contributed by atoms with Gasteiger partial charge in [-0.05, 0) is 34.1 Å². The molecule has 0 aliphatic carbocycles. The zero-order valence-corrected chi connectivity index (χ0v) is 11.2. The average molecular weight is 313 g/mol. The van der Waals surface area contributed by atoms with Crippen LogP contribution in [0.5, 0.6) is 0 Å². The highest BCUT2D eigenvalue weighted by molar-refractivity contribution is 9.11. The van der Waals surface area contributed by atoms with Gasteiger partial charge in [-0.25, -0.2) is 4.79 Å². The smallest absolute Gasteiger partial charge is 0.354 e. The molecule has 0 saturated heterocycles. The normalized spacial score (nSPS) is 10.4. The molecule has 2 rings (SSSR count). The number of carbonyl (C=O) groups is 1. The molecule has 0 atom stereocenters. The van der Waals surface area contributed by atoms with E-state index in [2.05, 4.69) is 27.6 Å². The van der Waals surface area contributed by atoms with E-state index in [1.165, 1.54) is 16.0 Å². The van der Waals surface area contributed by atoms with Gasteiger partial charge in [-0.1, -0.05) is 6.08 Å². The molecule has 0 aromatic carbocycles. The molecule has 0 fully saturated rings. The predicted octanol–water partition coefficient (Wildman–Crippen LogP) is 3.26. The second kappa shape index (κ2) is 4.85. The van der Waals surface area contributed by atoms with Gasteiger partial charge in [0.05, 0.1) is 15.2 Å². The Morgan fingerprint density at radius 2 is 2.41 bits per heavy atom. The minimum absolute atomic E-state index is 0.171. The molecule has 4 nitrogen and oxygen atoms in total. The van der Waals surface area contributed by atoms with Crippen LogP contribution in [0.4, 0.5) is 0 Å². The first-order valence-electron chi connectivity index (χ1n) is 4.79. The number of aromatic nitrogens is 2. The van der Waals surface area contributed by atoms with Crippen LogP contribution in [-0.2, 0) is 6.54 Å². The Labute approximate surface area is 110 Å². The van der Waals surface area contributed by atoms with E-state index in [0.717, 1.165) is 8.66 Å². The Morgan fingerprint density at radius 3 is 2.94 bits per heavy atom. The van der Waals surface area contributed by atoms with Gasteiger partial charge in [-0.15, -0.1) is 17.9 Å². The molecule has 2 aromatic rings. The predicted molar refractivity (Wildman–Crippen MR) is 70.4 cm³/mol. The number of thiophene rings is 1. The van der Waals surface area contributed by atoms with Crippen LogP contribution < -0.4 is 0 Å². The van der Waals surface area contributed by atoms with Crippen molar-refractivity contribution in [1.82, 2.24) is 9.78 Å². The highest BCUT2D eigenvalue weighted by atomic mass is 79.9. The van der Waals surface area contributed by atoms with Gasteiger partial charge >= 0.3 is 5.97 Å². The summed E-state index contributed by atoms with van der Waals surface area (Å²) >= 11 is 4.88. The van der Waals surface area contributed by atoms with E-state index < -0.39 is 5.97 Å². The molecule has 17 heavy (non-hydrogen) atoms. The maximum Gasteiger partial charge on any atom is 0.354 e. The topological polar surface area (TPSA) is 55.1 Å². The third-order valence-electron chi connectivity index (χ3n) is 2.13.